The summed E-state index contributed by atoms with van der Waals surface area (Å²) in [6, 6.07) is 11.1. The number of rotatable bonds is 7. The second kappa shape index (κ2) is 10.6. The summed E-state index contributed by atoms with van der Waals surface area (Å²) >= 11 is 12.1. The number of anilines is 1. The van der Waals surface area contributed by atoms with Crippen LogP contribution in [0.1, 0.15) is 29.4 Å². The van der Waals surface area contributed by atoms with Gasteiger partial charge in [-0.1, -0.05) is 41.4 Å². The summed E-state index contributed by atoms with van der Waals surface area (Å²) in [5.41, 5.74) is 3.52. The number of carbonyl (C=O) groups excluding carboxylic acids is 2. The zero-order valence-corrected chi connectivity index (χ0v) is 19.7. The van der Waals surface area contributed by atoms with Crippen LogP contribution >= 0.6 is 23.2 Å². The number of amides is 1. The molecule has 1 heterocycles. The van der Waals surface area contributed by atoms with Gasteiger partial charge >= 0.3 is 5.97 Å². The monoisotopic (exact) mass is 489 g/mol. The predicted octanol–water partition coefficient (Wildman–Crippen LogP) is 5.58. The Morgan fingerprint density at radius 2 is 1.91 bits per heavy atom. The topological polar surface area (TPSA) is 73.2 Å². The molecule has 0 fully saturated rings. The third-order valence-corrected chi connectivity index (χ3v) is 5.63. The molecule has 3 aromatic rings. The van der Waals surface area contributed by atoms with Gasteiger partial charge in [0.2, 0.25) is 0 Å². The smallest absolute Gasteiger partial charge is 0.331 e. The maximum atomic E-state index is 13.1. The average Bonchev–Trinajstić information content (AvgIpc) is 3.02. The summed E-state index contributed by atoms with van der Waals surface area (Å²) in [6.07, 6.45) is 1.75. The fourth-order valence-corrected chi connectivity index (χ4v) is 3.55. The van der Waals surface area contributed by atoms with Crippen molar-refractivity contribution in [3.8, 4) is 0 Å². The first-order valence-electron chi connectivity index (χ1n) is 10.1. The predicted molar refractivity (Wildman–Crippen MR) is 127 cm³/mol. The number of carbonyl (C=O) groups is 2. The molecule has 1 aromatic heterocycles. The minimum atomic E-state index is -1.09. The van der Waals surface area contributed by atoms with Crippen LogP contribution in [0.5, 0.6) is 0 Å². The molecule has 1 amide bonds. The molecular formula is C24H22Cl2FN3O3. The lowest BCUT2D eigenvalue weighted by Crippen LogP contribution is -2.29. The van der Waals surface area contributed by atoms with Crippen molar-refractivity contribution >= 4 is 46.8 Å². The molecular weight excluding hydrogens is 468 g/mol. The van der Waals surface area contributed by atoms with Crippen molar-refractivity contribution in [2.24, 2.45) is 0 Å². The van der Waals surface area contributed by atoms with Crippen molar-refractivity contribution in [1.29, 1.82) is 0 Å². The molecule has 2 aromatic carbocycles. The number of ether oxygens (including phenoxy) is 1. The fourth-order valence-electron chi connectivity index (χ4n) is 3.14. The van der Waals surface area contributed by atoms with Gasteiger partial charge in [0.1, 0.15) is 5.82 Å². The van der Waals surface area contributed by atoms with Crippen molar-refractivity contribution in [1.82, 2.24) is 9.78 Å². The quantitative estimate of drug-likeness (QED) is 0.347. The van der Waals surface area contributed by atoms with E-state index in [2.05, 4.69) is 10.4 Å². The van der Waals surface area contributed by atoms with Gasteiger partial charge in [-0.25, -0.2) is 9.18 Å². The molecule has 6 nitrogen and oxygen atoms in total. The number of halogens is 3. The largest absolute Gasteiger partial charge is 0.449 e. The van der Waals surface area contributed by atoms with E-state index in [0.29, 0.717) is 11.6 Å². The van der Waals surface area contributed by atoms with Crippen LogP contribution in [0.25, 0.3) is 6.08 Å². The molecule has 0 bridgehead atoms. The lowest BCUT2D eigenvalue weighted by Gasteiger charge is -2.13. The van der Waals surface area contributed by atoms with Crippen molar-refractivity contribution in [2.75, 3.05) is 5.32 Å². The summed E-state index contributed by atoms with van der Waals surface area (Å²) in [5.74, 6) is -1.81. The lowest BCUT2D eigenvalue weighted by molar-refractivity contribution is -0.148. The van der Waals surface area contributed by atoms with E-state index < -0.39 is 23.8 Å². The van der Waals surface area contributed by atoms with Gasteiger partial charge in [-0.05, 0) is 56.7 Å². The van der Waals surface area contributed by atoms with E-state index in [1.807, 2.05) is 42.8 Å². The third kappa shape index (κ3) is 6.21. The molecule has 33 heavy (non-hydrogen) atoms. The molecule has 0 aliphatic heterocycles. The summed E-state index contributed by atoms with van der Waals surface area (Å²) in [7, 11) is 0. The highest BCUT2D eigenvalue weighted by Crippen LogP contribution is 2.23. The standard InChI is InChI=1S/C24H22Cl2FN3O3/c1-14-19(15(2)30(29-14)13-17-6-4-5-7-20(17)25)9-11-23(31)33-16(3)24(32)28-22-10-8-18(27)12-21(22)26/h4-12,16H,13H2,1-3H3,(H,28,32)/b11-9+. The van der Waals surface area contributed by atoms with Crippen LogP contribution in [-0.4, -0.2) is 27.8 Å². The zero-order chi connectivity index (χ0) is 24.1. The molecule has 172 valence electrons. The third-order valence-electron chi connectivity index (χ3n) is 4.95. The van der Waals surface area contributed by atoms with E-state index >= 15 is 0 Å². The molecule has 0 saturated carbocycles. The molecule has 0 spiro atoms. The van der Waals surface area contributed by atoms with Crippen molar-refractivity contribution in [2.45, 2.75) is 33.4 Å². The van der Waals surface area contributed by atoms with Crippen LogP contribution < -0.4 is 5.32 Å². The molecule has 3 rings (SSSR count). The Bertz CT molecular complexity index is 1220. The van der Waals surface area contributed by atoms with Crippen molar-refractivity contribution in [3.63, 3.8) is 0 Å². The summed E-state index contributed by atoms with van der Waals surface area (Å²) < 4.78 is 20.1. The van der Waals surface area contributed by atoms with Gasteiger partial charge < -0.3 is 10.1 Å². The van der Waals surface area contributed by atoms with Gasteiger partial charge in [0.05, 0.1) is 22.9 Å². The van der Waals surface area contributed by atoms with E-state index in [0.717, 1.165) is 34.6 Å². The Hall–Kier alpha value is -3.16. The Morgan fingerprint density at radius 1 is 1.18 bits per heavy atom. The van der Waals surface area contributed by atoms with E-state index in [9.17, 15) is 14.0 Å². The Kier molecular flexibility index (Phi) is 7.89. The van der Waals surface area contributed by atoms with Gasteiger partial charge in [0.25, 0.3) is 5.91 Å². The summed E-state index contributed by atoms with van der Waals surface area (Å²) in [6.45, 7) is 5.65. The molecule has 0 aliphatic rings. The summed E-state index contributed by atoms with van der Waals surface area (Å²) in [4.78, 5) is 24.5. The van der Waals surface area contributed by atoms with Gasteiger partial charge in [-0.15, -0.1) is 0 Å². The highest BCUT2D eigenvalue weighted by molar-refractivity contribution is 6.33. The average molecular weight is 490 g/mol. The van der Waals surface area contributed by atoms with Crippen LogP contribution in [0, 0.1) is 19.7 Å². The number of nitrogens with one attached hydrogen (secondary N) is 1. The molecule has 9 heteroatoms. The number of nitrogens with zero attached hydrogens (tertiary/aromatic N) is 2. The first kappa shape index (κ1) is 24.5. The van der Waals surface area contributed by atoms with Crippen LogP contribution in [0.4, 0.5) is 10.1 Å². The van der Waals surface area contributed by atoms with Crippen LogP contribution in [0.2, 0.25) is 10.0 Å². The second-order valence-corrected chi connectivity index (χ2v) is 8.17. The lowest BCUT2D eigenvalue weighted by atomic mass is 10.1. The summed E-state index contributed by atoms with van der Waals surface area (Å²) in [5, 5.41) is 7.72. The van der Waals surface area contributed by atoms with Crippen molar-refractivity contribution < 1.29 is 18.7 Å². The highest BCUT2D eigenvalue weighted by Gasteiger charge is 2.18. The SMILES string of the molecule is Cc1nn(Cc2ccccc2Cl)c(C)c1/C=C/C(=O)OC(C)C(=O)Nc1ccc(F)cc1Cl. The molecule has 0 saturated heterocycles. The number of benzene rings is 2. The second-order valence-electron chi connectivity index (χ2n) is 7.36. The first-order chi connectivity index (χ1) is 15.7. The number of esters is 1. The first-order valence-corrected chi connectivity index (χ1v) is 10.8. The van der Waals surface area contributed by atoms with Crippen LogP contribution in [-0.2, 0) is 20.9 Å². The maximum Gasteiger partial charge on any atom is 0.331 e. The van der Waals surface area contributed by atoms with Crippen molar-refractivity contribution in [3.05, 3.63) is 86.9 Å². The normalized spacial score (nSPS) is 12.1. The maximum absolute atomic E-state index is 13.1. The van der Waals surface area contributed by atoms with Gasteiger partial charge in [0.15, 0.2) is 6.10 Å². The molecule has 0 radical (unpaired) electrons. The van der Waals surface area contributed by atoms with E-state index in [1.165, 1.54) is 19.1 Å². The van der Waals surface area contributed by atoms with Gasteiger partial charge in [-0.3, -0.25) is 9.48 Å². The van der Waals surface area contributed by atoms with Crippen LogP contribution in [0.3, 0.4) is 0 Å². The zero-order valence-electron chi connectivity index (χ0n) is 18.2. The van der Waals surface area contributed by atoms with E-state index in [4.69, 9.17) is 27.9 Å². The van der Waals surface area contributed by atoms with E-state index in [1.54, 1.807) is 6.08 Å². The van der Waals surface area contributed by atoms with E-state index in [-0.39, 0.29) is 10.7 Å². The molecule has 1 unspecified atom stereocenters. The minimum absolute atomic E-state index is 0.0431. The number of hydrogen-bond donors (Lipinski definition) is 1. The molecule has 1 atom stereocenters. The Morgan fingerprint density at radius 3 is 2.61 bits per heavy atom. The highest BCUT2D eigenvalue weighted by atomic mass is 35.5. The van der Waals surface area contributed by atoms with Crippen LogP contribution in [0.15, 0.2) is 48.5 Å². The number of aromatic nitrogens is 2. The van der Waals surface area contributed by atoms with Gasteiger partial charge in [-0.2, -0.15) is 5.10 Å². The fraction of sp³-hybridized carbons (Fsp3) is 0.208. The Labute approximate surface area is 201 Å². The number of hydrogen-bond acceptors (Lipinski definition) is 4. The van der Waals surface area contributed by atoms with Gasteiger partial charge in [0, 0.05) is 22.4 Å². The molecule has 1 N–H and O–H groups in total. The minimum Gasteiger partial charge on any atom is -0.449 e. The number of aryl methyl sites for hydroxylation is 1. The molecule has 0 aliphatic carbocycles. The Balaban J connectivity index is 1.63.